The summed E-state index contributed by atoms with van der Waals surface area (Å²) in [6, 6.07) is 0. The zero-order valence-corrected chi connectivity index (χ0v) is 10.4. The van der Waals surface area contributed by atoms with Gasteiger partial charge in [0.1, 0.15) is 0 Å². The third-order valence-electron chi connectivity index (χ3n) is 3.38. The highest BCUT2D eigenvalue weighted by atomic mass is 16.5. The summed E-state index contributed by atoms with van der Waals surface area (Å²) < 4.78 is 5.14. The van der Waals surface area contributed by atoms with Crippen LogP contribution in [0.25, 0.3) is 0 Å². The van der Waals surface area contributed by atoms with E-state index in [1.165, 1.54) is 0 Å². The minimum absolute atomic E-state index is 0.173. The van der Waals surface area contributed by atoms with Gasteiger partial charge in [-0.1, -0.05) is 0 Å². The Morgan fingerprint density at radius 2 is 2.38 bits per heavy atom. The summed E-state index contributed by atoms with van der Waals surface area (Å²) >= 11 is 0. The minimum atomic E-state index is 0.173. The summed E-state index contributed by atoms with van der Waals surface area (Å²) in [5.41, 5.74) is 5.53. The summed E-state index contributed by atoms with van der Waals surface area (Å²) in [6.07, 6.45) is 3.74. The van der Waals surface area contributed by atoms with Gasteiger partial charge in [-0.15, -0.1) is 0 Å². The number of methoxy groups -OCH3 is 1. The summed E-state index contributed by atoms with van der Waals surface area (Å²) in [6.45, 7) is 4.53. The summed E-state index contributed by atoms with van der Waals surface area (Å²) in [5, 5.41) is 0. The maximum absolute atomic E-state index is 11.9. The molecule has 1 amide bonds. The summed E-state index contributed by atoms with van der Waals surface area (Å²) in [5.74, 6) is 0.886. The first-order valence-corrected chi connectivity index (χ1v) is 6.18. The minimum Gasteiger partial charge on any atom is -0.382 e. The Bertz CT molecular complexity index is 221. The predicted octanol–water partition coefficient (Wildman–Crippen LogP) is 0.999. The zero-order chi connectivity index (χ0) is 12.0. The average molecular weight is 228 g/mol. The van der Waals surface area contributed by atoms with Crippen molar-refractivity contribution in [3.8, 4) is 0 Å². The van der Waals surface area contributed by atoms with Gasteiger partial charge in [-0.05, 0) is 38.6 Å². The molecule has 0 aromatic heterocycles. The number of hydrogen-bond donors (Lipinski definition) is 1. The van der Waals surface area contributed by atoms with Gasteiger partial charge in [-0.2, -0.15) is 0 Å². The average Bonchev–Trinajstić information content (AvgIpc) is 2.74. The molecule has 1 saturated heterocycles. The molecule has 0 aliphatic carbocycles. The van der Waals surface area contributed by atoms with Crippen molar-refractivity contribution < 1.29 is 9.53 Å². The highest BCUT2D eigenvalue weighted by Gasteiger charge is 2.25. The van der Waals surface area contributed by atoms with E-state index >= 15 is 0 Å². The summed E-state index contributed by atoms with van der Waals surface area (Å²) in [7, 11) is 1.68. The van der Waals surface area contributed by atoms with E-state index in [4.69, 9.17) is 10.5 Å². The molecule has 0 bridgehead atoms. The normalized spacial score (nSPS) is 22.4. The number of nitrogens with zero attached hydrogens (tertiary/aromatic N) is 1. The van der Waals surface area contributed by atoms with E-state index in [-0.39, 0.29) is 12.0 Å². The van der Waals surface area contributed by atoms with Crippen molar-refractivity contribution >= 4 is 5.91 Å². The van der Waals surface area contributed by atoms with Gasteiger partial charge >= 0.3 is 0 Å². The number of likely N-dealkylation sites (tertiary alicyclic amines) is 1. The fourth-order valence-corrected chi connectivity index (χ4v) is 2.13. The molecule has 4 heteroatoms. The molecule has 1 aliphatic rings. The predicted molar refractivity (Wildman–Crippen MR) is 64.1 cm³/mol. The SMILES string of the molecule is COC(C)CCC(=O)N1CCC(CCN)C1. The molecule has 1 fully saturated rings. The molecule has 2 atom stereocenters. The van der Waals surface area contributed by atoms with Crippen LogP contribution < -0.4 is 5.73 Å². The van der Waals surface area contributed by atoms with Crippen molar-refractivity contribution in [3.63, 3.8) is 0 Å². The van der Waals surface area contributed by atoms with Crippen LogP contribution in [0.4, 0.5) is 0 Å². The lowest BCUT2D eigenvalue weighted by molar-refractivity contribution is -0.130. The molecule has 0 radical (unpaired) electrons. The maximum Gasteiger partial charge on any atom is 0.222 e. The Balaban J connectivity index is 2.23. The quantitative estimate of drug-likeness (QED) is 0.738. The molecular formula is C12H24N2O2. The summed E-state index contributed by atoms with van der Waals surface area (Å²) in [4.78, 5) is 13.8. The van der Waals surface area contributed by atoms with E-state index in [0.717, 1.165) is 38.9 Å². The first-order chi connectivity index (χ1) is 7.67. The topological polar surface area (TPSA) is 55.6 Å². The molecule has 1 heterocycles. The monoisotopic (exact) mass is 228 g/mol. The van der Waals surface area contributed by atoms with Gasteiger partial charge in [0.15, 0.2) is 0 Å². The standard InChI is InChI=1S/C12H24N2O2/c1-10(16-2)3-4-12(15)14-8-6-11(9-14)5-7-13/h10-11H,3-9,13H2,1-2H3. The van der Waals surface area contributed by atoms with Crippen molar-refractivity contribution in [3.05, 3.63) is 0 Å². The van der Waals surface area contributed by atoms with E-state index in [1.54, 1.807) is 7.11 Å². The van der Waals surface area contributed by atoms with Gasteiger partial charge in [0.25, 0.3) is 0 Å². The third-order valence-corrected chi connectivity index (χ3v) is 3.38. The molecule has 1 rings (SSSR count). The van der Waals surface area contributed by atoms with Crippen molar-refractivity contribution in [2.75, 3.05) is 26.7 Å². The Morgan fingerprint density at radius 3 is 3.00 bits per heavy atom. The van der Waals surface area contributed by atoms with Crippen LogP contribution in [0.15, 0.2) is 0 Å². The lowest BCUT2D eigenvalue weighted by Crippen LogP contribution is -2.29. The molecule has 94 valence electrons. The van der Waals surface area contributed by atoms with Crippen molar-refractivity contribution in [1.29, 1.82) is 0 Å². The fraction of sp³-hybridized carbons (Fsp3) is 0.917. The first kappa shape index (κ1) is 13.5. The lowest BCUT2D eigenvalue weighted by Gasteiger charge is -2.17. The molecule has 16 heavy (non-hydrogen) atoms. The van der Waals surface area contributed by atoms with E-state index in [0.29, 0.717) is 12.3 Å². The van der Waals surface area contributed by atoms with E-state index in [9.17, 15) is 4.79 Å². The number of amides is 1. The second-order valence-corrected chi connectivity index (χ2v) is 4.66. The highest BCUT2D eigenvalue weighted by molar-refractivity contribution is 5.76. The molecule has 1 aliphatic heterocycles. The van der Waals surface area contributed by atoms with Crippen molar-refractivity contribution in [1.82, 2.24) is 4.90 Å². The third kappa shape index (κ3) is 4.10. The van der Waals surface area contributed by atoms with Crippen molar-refractivity contribution in [2.24, 2.45) is 11.7 Å². The molecule has 0 spiro atoms. The maximum atomic E-state index is 11.9. The van der Waals surface area contributed by atoms with Crippen LogP contribution in [0.1, 0.15) is 32.6 Å². The number of nitrogens with two attached hydrogens (primary N) is 1. The number of ether oxygens (including phenoxy) is 1. The zero-order valence-electron chi connectivity index (χ0n) is 10.4. The second-order valence-electron chi connectivity index (χ2n) is 4.66. The Morgan fingerprint density at radius 1 is 1.62 bits per heavy atom. The van der Waals surface area contributed by atoms with Gasteiger partial charge in [0.2, 0.25) is 5.91 Å². The smallest absolute Gasteiger partial charge is 0.222 e. The van der Waals surface area contributed by atoms with Crippen molar-refractivity contribution in [2.45, 2.75) is 38.7 Å². The van der Waals surface area contributed by atoms with E-state index in [1.807, 2.05) is 11.8 Å². The van der Waals surface area contributed by atoms with Gasteiger partial charge in [-0.3, -0.25) is 4.79 Å². The van der Waals surface area contributed by atoms with Crippen LogP contribution in [0, 0.1) is 5.92 Å². The van der Waals surface area contributed by atoms with Gasteiger partial charge < -0.3 is 15.4 Å². The molecule has 2 N–H and O–H groups in total. The molecule has 2 unspecified atom stereocenters. The molecular weight excluding hydrogens is 204 g/mol. The van der Waals surface area contributed by atoms with Crippen LogP contribution in [-0.4, -0.2) is 43.7 Å². The number of carbonyl (C=O) groups excluding carboxylic acids is 1. The van der Waals surface area contributed by atoms with Gasteiger partial charge in [0.05, 0.1) is 6.10 Å². The van der Waals surface area contributed by atoms with E-state index < -0.39 is 0 Å². The lowest BCUT2D eigenvalue weighted by atomic mass is 10.1. The van der Waals surface area contributed by atoms with Gasteiger partial charge in [-0.25, -0.2) is 0 Å². The Labute approximate surface area is 98.1 Å². The number of carbonyl (C=O) groups is 1. The fourth-order valence-electron chi connectivity index (χ4n) is 2.13. The largest absolute Gasteiger partial charge is 0.382 e. The van der Waals surface area contributed by atoms with Crippen LogP contribution in [0.2, 0.25) is 0 Å². The second kappa shape index (κ2) is 6.86. The van der Waals surface area contributed by atoms with Gasteiger partial charge in [0, 0.05) is 26.6 Å². The molecule has 0 aromatic carbocycles. The van der Waals surface area contributed by atoms with Crippen LogP contribution in [0.3, 0.4) is 0 Å². The van der Waals surface area contributed by atoms with Crippen LogP contribution >= 0.6 is 0 Å². The number of rotatable bonds is 6. The molecule has 0 aromatic rings. The Hall–Kier alpha value is -0.610. The van der Waals surface area contributed by atoms with E-state index in [2.05, 4.69) is 0 Å². The van der Waals surface area contributed by atoms with Crippen LogP contribution in [0.5, 0.6) is 0 Å². The number of hydrogen-bond acceptors (Lipinski definition) is 3. The molecule has 0 saturated carbocycles. The Kier molecular flexibility index (Phi) is 5.77. The first-order valence-electron chi connectivity index (χ1n) is 6.18. The highest BCUT2D eigenvalue weighted by Crippen LogP contribution is 2.20. The molecule has 4 nitrogen and oxygen atoms in total. The van der Waals surface area contributed by atoms with Crippen LogP contribution in [-0.2, 0) is 9.53 Å².